The maximum absolute atomic E-state index is 5.76. The molecule has 0 bridgehead atoms. The molecule has 11 heavy (non-hydrogen) atoms. The van der Waals surface area contributed by atoms with E-state index >= 15 is 0 Å². The second kappa shape index (κ2) is 2.48. The molecule has 1 nitrogen and oxygen atoms in total. The Kier molecular flexibility index (Phi) is 1.71. The lowest BCUT2D eigenvalue weighted by atomic mass is 9.85. The van der Waals surface area contributed by atoms with E-state index in [-0.39, 0.29) is 0 Å². The summed E-state index contributed by atoms with van der Waals surface area (Å²) in [6.45, 7) is 5.70. The Morgan fingerprint density at radius 2 is 2.09 bits per heavy atom. The summed E-state index contributed by atoms with van der Waals surface area (Å²) in [6, 6.07) is 0. The molecule has 0 aromatic rings. The molecule has 0 amide bonds. The molecule has 0 aromatic heterocycles. The zero-order valence-electron chi connectivity index (χ0n) is 7.60. The summed E-state index contributed by atoms with van der Waals surface area (Å²) in [6.07, 6.45) is 5.29. The molecular weight excluding hydrogens is 136 g/mol. The molecule has 0 radical (unpaired) electrons. The predicted molar refractivity (Wildman–Crippen MR) is 45.5 cm³/mol. The highest BCUT2D eigenvalue weighted by molar-refractivity contribution is 4.99. The van der Waals surface area contributed by atoms with Crippen LogP contribution in [0.3, 0.4) is 0 Å². The second-order valence-electron chi connectivity index (χ2n) is 4.53. The van der Waals surface area contributed by atoms with Crippen LogP contribution in [0, 0.1) is 11.8 Å². The van der Waals surface area contributed by atoms with Crippen molar-refractivity contribution in [3.05, 3.63) is 0 Å². The van der Waals surface area contributed by atoms with Crippen molar-refractivity contribution in [3.8, 4) is 0 Å². The third-order valence-electron chi connectivity index (χ3n) is 3.28. The topological polar surface area (TPSA) is 9.23 Å². The van der Waals surface area contributed by atoms with Gasteiger partial charge in [-0.15, -0.1) is 0 Å². The lowest BCUT2D eigenvalue weighted by Gasteiger charge is -2.32. The standard InChI is InChI=1S/C10H18O/c1-8(2)9-3-6-11-10(7-9)4-5-10/h8-9H,3-7H2,1-2H3/t9-/m1/s1. The Bertz CT molecular complexity index is 147. The largest absolute Gasteiger partial charge is 0.375 e. The predicted octanol–water partition coefficient (Wildman–Crippen LogP) is 2.60. The molecule has 0 N–H and O–H groups in total. The monoisotopic (exact) mass is 154 g/mol. The van der Waals surface area contributed by atoms with Gasteiger partial charge in [0.15, 0.2) is 0 Å². The van der Waals surface area contributed by atoms with Gasteiger partial charge in [-0.05, 0) is 37.5 Å². The fourth-order valence-electron chi connectivity index (χ4n) is 2.12. The first-order valence-electron chi connectivity index (χ1n) is 4.86. The SMILES string of the molecule is CC(C)[C@@H]1CCOC2(CC2)C1. The van der Waals surface area contributed by atoms with Crippen molar-refractivity contribution >= 4 is 0 Å². The molecule has 1 saturated heterocycles. The molecule has 2 fully saturated rings. The van der Waals surface area contributed by atoms with Crippen molar-refractivity contribution in [2.24, 2.45) is 11.8 Å². The smallest absolute Gasteiger partial charge is 0.0687 e. The van der Waals surface area contributed by atoms with Gasteiger partial charge >= 0.3 is 0 Å². The third-order valence-corrected chi connectivity index (χ3v) is 3.28. The van der Waals surface area contributed by atoms with Crippen LogP contribution in [0.2, 0.25) is 0 Å². The number of rotatable bonds is 1. The summed E-state index contributed by atoms with van der Waals surface area (Å²) in [5.41, 5.74) is 0.382. The van der Waals surface area contributed by atoms with Gasteiger partial charge in [-0.1, -0.05) is 13.8 Å². The lowest BCUT2D eigenvalue weighted by Crippen LogP contribution is -2.29. The molecule has 1 heteroatoms. The first-order valence-corrected chi connectivity index (χ1v) is 4.86. The number of hydrogen-bond acceptors (Lipinski definition) is 1. The van der Waals surface area contributed by atoms with Crippen molar-refractivity contribution in [1.29, 1.82) is 0 Å². The Morgan fingerprint density at radius 1 is 1.36 bits per heavy atom. The lowest BCUT2D eigenvalue weighted by molar-refractivity contribution is -0.0374. The quantitative estimate of drug-likeness (QED) is 0.564. The van der Waals surface area contributed by atoms with E-state index in [1.165, 1.54) is 25.7 Å². The van der Waals surface area contributed by atoms with Gasteiger partial charge < -0.3 is 4.74 Å². The average Bonchev–Trinajstić information content (AvgIpc) is 2.69. The number of hydrogen-bond donors (Lipinski definition) is 0. The van der Waals surface area contributed by atoms with Crippen molar-refractivity contribution < 1.29 is 4.74 Å². The van der Waals surface area contributed by atoms with Crippen LogP contribution in [-0.4, -0.2) is 12.2 Å². The van der Waals surface area contributed by atoms with Crippen molar-refractivity contribution in [2.45, 2.75) is 45.1 Å². The Hall–Kier alpha value is -0.0400. The van der Waals surface area contributed by atoms with E-state index in [0.29, 0.717) is 5.60 Å². The molecule has 1 saturated carbocycles. The maximum Gasteiger partial charge on any atom is 0.0687 e. The van der Waals surface area contributed by atoms with Crippen LogP contribution in [-0.2, 0) is 4.74 Å². The highest BCUT2D eigenvalue weighted by Crippen LogP contribution is 2.49. The summed E-state index contributed by atoms with van der Waals surface area (Å²) in [4.78, 5) is 0. The van der Waals surface area contributed by atoms with Crippen LogP contribution in [0.25, 0.3) is 0 Å². The van der Waals surface area contributed by atoms with Crippen LogP contribution in [0.15, 0.2) is 0 Å². The fraction of sp³-hybridized carbons (Fsp3) is 1.00. The minimum atomic E-state index is 0.382. The first kappa shape index (κ1) is 7.60. The van der Waals surface area contributed by atoms with Gasteiger partial charge in [-0.25, -0.2) is 0 Å². The summed E-state index contributed by atoms with van der Waals surface area (Å²) >= 11 is 0. The van der Waals surface area contributed by atoms with Crippen LogP contribution in [0.1, 0.15) is 39.5 Å². The van der Waals surface area contributed by atoms with Gasteiger partial charge in [-0.2, -0.15) is 0 Å². The van der Waals surface area contributed by atoms with E-state index in [2.05, 4.69) is 13.8 Å². The highest BCUT2D eigenvalue weighted by atomic mass is 16.5. The van der Waals surface area contributed by atoms with Gasteiger partial charge in [0, 0.05) is 6.61 Å². The third kappa shape index (κ3) is 1.44. The maximum atomic E-state index is 5.76. The summed E-state index contributed by atoms with van der Waals surface area (Å²) in [5.74, 6) is 1.79. The molecule has 1 heterocycles. The minimum Gasteiger partial charge on any atom is -0.375 e. The van der Waals surface area contributed by atoms with Crippen LogP contribution >= 0.6 is 0 Å². The molecule has 1 aliphatic heterocycles. The van der Waals surface area contributed by atoms with E-state index in [0.717, 1.165) is 18.4 Å². The summed E-state index contributed by atoms with van der Waals surface area (Å²) in [5, 5.41) is 0. The molecule has 1 atom stereocenters. The van der Waals surface area contributed by atoms with E-state index in [4.69, 9.17) is 4.74 Å². The average molecular weight is 154 g/mol. The number of ether oxygens (including phenoxy) is 1. The molecule has 2 aliphatic rings. The Labute approximate surface area is 69.1 Å². The summed E-state index contributed by atoms with van der Waals surface area (Å²) < 4.78 is 5.76. The van der Waals surface area contributed by atoms with Gasteiger partial charge in [0.25, 0.3) is 0 Å². The molecular formula is C10H18O. The van der Waals surface area contributed by atoms with Crippen LogP contribution in [0.5, 0.6) is 0 Å². The minimum absolute atomic E-state index is 0.382. The molecule has 64 valence electrons. The van der Waals surface area contributed by atoms with Crippen molar-refractivity contribution in [3.63, 3.8) is 0 Å². The fourth-order valence-corrected chi connectivity index (χ4v) is 2.12. The Balaban J connectivity index is 1.93. The van der Waals surface area contributed by atoms with E-state index in [1.54, 1.807) is 0 Å². The van der Waals surface area contributed by atoms with Gasteiger partial charge in [0.1, 0.15) is 0 Å². The van der Waals surface area contributed by atoms with Crippen molar-refractivity contribution in [2.75, 3.05) is 6.61 Å². The Morgan fingerprint density at radius 3 is 2.64 bits per heavy atom. The van der Waals surface area contributed by atoms with E-state index in [1.807, 2.05) is 0 Å². The zero-order chi connectivity index (χ0) is 7.90. The molecule has 2 rings (SSSR count). The highest BCUT2D eigenvalue weighted by Gasteiger charge is 2.47. The molecule has 0 aromatic carbocycles. The zero-order valence-corrected chi connectivity index (χ0v) is 7.60. The first-order chi connectivity index (χ1) is 5.22. The van der Waals surface area contributed by atoms with Crippen LogP contribution in [0.4, 0.5) is 0 Å². The molecule has 1 aliphatic carbocycles. The van der Waals surface area contributed by atoms with Gasteiger partial charge in [-0.3, -0.25) is 0 Å². The normalized spacial score (nSPS) is 34.6. The van der Waals surface area contributed by atoms with Crippen LogP contribution < -0.4 is 0 Å². The van der Waals surface area contributed by atoms with Gasteiger partial charge in [0.2, 0.25) is 0 Å². The van der Waals surface area contributed by atoms with E-state index < -0.39 is 0 Å². The molecule has 0 unspecified atom stereocenters. The second-order valence-corrected chi connectivity index (χ2v) is 4.53. The van der Waals surface area contributed by atoms with E-state index in [9.17, 15) is 0 Å². The van der Waals surface area contributed by atoms with Gasteiger partial charge in [0.05, 0.1) is 5.60 Å². The summed E-state index contributed by atoms with van der Waals surface area (Å²) in [7, 11) is 0. The molecule has 1 spiro atoms. The van der Waals surface area contributed by atoms with Crippen molar-refractivity contribution in [1.82, 2.24) is 0 Å².